The lowest BCUT2D eigenvalue weighted by molar-refractivity contribution is -0.137. The molecular formula is C22H28F3N3O2. The molecule has 0 radical (unpaired) electrons. The maximum atomic E-state index is 12.9. The molecule has 1 aliphatic carbocycles. The van der Waals surface area contributed by atoms with Crippen LogP contribution in [0.15, 0.2) is 28.8 Å². The SMILES string of the molecule is CC(C)[C@H](C)NC(=O)c1noc(-c2ccc(C(F)(F)F)cc2)c1CNCCC1CC1. The summed E-state index contributed by atoms with van der Waals surface area (Å²) in [6.07, 6.45) is -0.836. The van der Waals surface area contributed by atoms with Gasteiger partial charge in [0.25, 0.3) is 5.91 Å². The van der Waals surface area contributed by atoms with Crippen molar-refractivity contribution in [2.24, 2.45) is 11.8 Å². The molecule has 2 N–H and O–H groups in total. The first-order valence-corrected chi connectivity index (χ1v) is 10.3. The molecule has 164 valence electrons. The molecule has 0 aliphatic heterocycles. The Morgan fingerprint density at radius 2 is 1.87 bits per heavy atom. The Bertz CT molecular complexity index is 856. The van der Waals surface area contributed by atoms with Gasteiger partial charge < -0.3 is 15.2 Å². The smallest absolute Gasteiger partial charge is 0.355 e. The first-order chi connectivity index (χ1) is 14.2. The summed E-state index contributed by atoms with van der Waals surface area (Å²) >= 11 is 0. The lowest BCUT2D eigenvalue weighted by Gasteiger charge is -2.17. The van der Waals surface area contributed by atoms with Gasteiger partial charge in [0.1, 0.15) is 0 Å². The first-order valence-electron chi connectivity index (χ1n) is 10.3. The third-order valence-electron chi connectivity index (χ3n) is 5.56. The Morgan fingerprint density at radius 1 is 1.20 bits per heavy atom. The fraction of sp³-hybridized carbons (Fsp3) is 0.545. The lowest BCUT2D eigenvalue weighted by Crippen LogP contribution is -2.37. The van der Waals surface area contributed by atoms with Crippen LogP contribution in [0.3, 0.4) is 0 Å². The Labute approximate surface area is 174 Å². The molecule has 8 heteroatoms. The molecule has 5 nitrogen and oxygen atoms in total. The molecule has 1 atom stereocenters. The molecule has 30 heavy (non-hydrogen) atoms. The monoisotopic (exact) mass is 423 g/mol. The third-order valence-corrected chi connectivity index (χ3v) is 5.56. The molecule has 0 unspecified atom stereocenters. The maximum Gasteiger partial charge on any atom is 0.416 e. The number of carbonyl (C=O) groups excluding carboxylic acids is 1. The first kappa shape index (κ1) is 22.3. The number of hydrogen-bond donors (Lipinski definition) is 2. The number of benzene rings is 1. The van der Waals surface area contributed by atoms with Crippen LogP contribution in [-0.2, 0) is 12.7 Å². The maximum absolute atomic E-state index is 12.9. The predicted molar refractivity (Wildman–Crippen MR) is 108 cm³/mol. The summed E-state index contributed by atoms with van der Waals surface area (Å²) < 4.78 is 44.1. The summed E-state index contributed by atoms with van der Waals surface area (Å²) in [7, 11) is 0. The second-order valence-electron chi connectivity index (χ2n) is 8.33. The van der Waals surface area contributed by atoms with Gasteiger partial charge in [-0.05, 0) is 43.9 Å². The fourth-order valence-corrected chi connectivity index (χ4v) is 3.06. The summed E-state index contributed by atoms with van der Waals surface area (Å²) in [4.78, 5) is 12.8. The Hall–Kier alpha value is -2.35. The van der Waals surface area contributed by atoms with Gasteiger partial charge in [-0.3, -0.25) is 4.79 Å². The van der Waals surface area contributed by atoms with Gasteiger partial charge in [0.05, 0.1) is 5.56 Å². The molecule has 0 spiro atoms. The number of carbonyl (C=O) groups is 1. The van der Waals surface area contributed by atoms with Crippen molar-refractivity contribution in [2.45, 2.75) is 58.8 Å². The van der Waals surface area contributed by atoms with E-state index in [2.05, 4.69) is 15.8 Å². The quantitative estimate of drug-likeness (QED) is 0.556. The van der Waals surface area contributed by atoms with Gasteiger partial charge in [0, 0.05) is 23.7 Å². The van der Waals surface area contributed by atoms with Gasteiger partial charge >= 0.3 is 6.18 Å². The summed E-state index contributed by atoms with van der Waals surface area (Å²) in [6.45, 7) is 7.06. The molecular weight excluding hydrogens is 395 g/mol. The van der Waals surface area contributed by atoms with Crippen LogP contribution in [0.5, 0.6) is 0 Å². The van der Waals surface area contributed by atoms with Gasteiger partial charge in [0.15, 0.2) is 11.5 Å². The zero-order valence-corrected chi connectivity index (χ0v) is 17.5. The van der Waals surface area contributed by atoms with Crippen LogP contribution < -0.4 is 10.6 Å². The molecule has 0 saturated heterocycles. The number of halogens is 3. The topological polar surface area (TPSA) is 67.2 Å². The standard InChI is InChI=1S/C22H28F3N3O2/c1-13(2)14(3)27-21(29)19-18(12-26-11-10-15-4-5-15)20(30-28-19)16-6-8-17(9-7-16)22(23,24)25/h6-9,13-15,26H,4-5,10-12H2,1-3H3,(H,27,29)/t14-/m0/s1. The largest absolute Gasteiger partial charge is 0.416 e. The van der Waals surface area contributed by atoms with E-state index in [0.717, 1.165) is 31.0 Å². The molecule has 1 fully saturated rings. The highest BCUT2D eigenvalue weighted by Gasteiger charge is 2.31. The van der Waals surface area contributed by atoms with Gasteiger partial charge in [-0.2, -0.15) is 13.2 Å². The van der Waals surface area contributed by atoms with Gasteiger partial charge in [0.2, 0.25) is 0 Å². The van der Waals surface area contributed by atoms with E-state index in [1.807, 2.05) is 20.8 Å². The number of amides is 1. The summed E-state index contributed by atoms with van der Waals surface area (Å²) in [5.41, 5.74) is 0.430. The van der Waals surface area contributed by atoms with E-state index in [9.17, 15) is 18.0 Å². The van der Waals surface area contributed by atoms with E-state index in [-0.39, 0.29) is 23.6 Å². The molecule has 0 bridgehead atoms. The molecule has 1 aliphatic rings. The number of nitrogens with one attached hydrogen (secondary N) is 2. The summed E-state index contributed by atoms with van der Waals surface area (Å²) in [5.74, 6) is 0.974. The highest BCUT2D eigenvalue weighted by molar-refractivity contribution is 5.95. The predicted octanol–water partition coefficient (Wildman–Crippen LogP) is 5.02. The van der Waals surface area contributed by atoms with Crippen molar-refractivity contribution >= 4 is 5.91 Å². The minimum atomic E-state index is -4.41. The average molecular weight is 423 g/mol. The van der Waals surface area contributed by atoms with E-state index in [0.29, 0.717) is 23.4 Å². The van der Waals surface area contributed by atoms with Crippen LogP contribution in [0.2, 0.25) is 0 Å². The van der Waals surface area contributed by atoms with Crippen molar-refractivity contribution in [3.63, 3.8) is 0 Å². The minimum Gasteiger partial charge on any atom is -0.355 e. The van der Waals surface area contributed by atoms with Crippen LogP contribution in [0.4, 0.5) is 13.2 Å². The number of alkyl halides is 3. The van der Waals surface area contributed by atoms with E-state index in [4.69, 9.17) is 4.52 Å². The fourth-order valence-electron chi connectivity index (χ4n) is 3.06. The van der Waals surface area contributed by atoms with E-state index < -0.39 is 11.7 Å². The minimum absolute atomic E-state index is 0.0561. The third kappa shape index (κ3) is 5.62. The van der Waals surface area contributed by atoms with Crippen molar-refractivity contribution in [3.8, 4) is 11.3 Å². The van der Waals surface area contributed by atoms with Gasteiger partial charge in [-0.15, -0.1) is 0 Å². The van der Waals surface area contributed by atoms with Crippen molar-refractivity contribution in [2.75, 3.05) is 6.54 Å². The highest BCUT2D eigenvalue weighted by atomic mass is 19.4. The van der Waals surface area contributed by atoms with E-state index >= 15 is 0 Å². The van der Waals surface area contributed by atoms with Crippen molar-refractivity contribution in [1.29, 1.82) is 0 Å². The zero-order chi connectivity index (χ0) is 21.9. The number of rotatable bonds is 9. The van der Waals surface area contributed by atoms with Crippen molar-refractivity contribution < 1.29 is 22.5 Å². The van der Waals surface area contributed by atoms with Crippen LogP contribution in [0.25, 0.3) is 11.3 Å². The van der Waals surface area contributed by atoms with Crippen LogP contribution >= 0.6 is 0 Å². The molecule has 1 aromatic heterocycles. The molecule has 1 saturated carbocycles. The molecule has 3 rings (SSSR count). The van der Waals surface area contributed by atoms with Crippen LogP contribution in [-0.4, -0.2) is 23.7 Å². The molecule has 2 aromatic rings. The lowest BCUT2D eigenvalue weighted by atomic mass is 10.0. The van der Waals surface area contributed by atoms with Crippen molar-refractivity contribution in [1.82, 2.24) is 15.8 Å². The van der Waals surface area contributed by atoms with Gasteiger partial charge in [-0.1, -0.05) is 44.0 Å². The molecule has 1 amide bonds. The van der Waals surface area contributed by atoms with Crippen molar-refractivity contribution in [3.05, 3.63) is 41.1 Å². The average Bonchev–Trinajstić information content (AvgIpc) is 3.41. The van der Waals surface area contributed by atoms with Crippen LogP contribution in [0.1, 0.15) is 61.6 Å². The number of hydrogen-bond acceptors (Lipinski definition) is 4. The van der Waals surface area contributed by atoms with E-state index in [1.54, 1.807) is 0 Å². The summed E-state index contributed by atoms with van der Waals surface area (Å²) in [6, 6.07) is 4.63. The second-order valence-corrected chi connectivity index (χ2v) is 8.33. The molecule has 1 heterocycles. The molecule has 1 aromatic carbocycles. The summed E-state index contributed by atoms with van der Waals surface area (Å²) in [5, 5.41) is 10.2. The number of nitrogens with zero attached hydrogens (tertiary/aromatic N) is 1. The Kier molecular flexibility index (Phi) is 6.85. The van der Waals surface area contributed by atoms with Crippen LogP contribution in [0, 0.1) is 11.8 Å². The Morgan fingerprint density at radius 3 is 2.43 bits per heavy atom. The van der Waals surface area contributed by atoms with Gasteiger partial charge in [-0.25, -0.2) is 0 Å². The zero-order valence-electron chi connectivity index (χ0n) is 17.5. The Balaban J connectivity index is 1.83. The highest BCUT2D eigenvalue weighted by Crippen LogP contribution is 2.33. The normalized spacial score (nSPS) is 15.4. The van der Waals surface area contributed by atoms with E-state index in [1.165, 1.54) is 25.0 Å². The second kappa shape index (κ2) is 9.20. The number of aromatic nitrogens is 1.